The van der Waals surface area contributed by atoms with Gasteiger partial charge in [-0.25, -0.2) is 0 Å². The van der Waals surface area contributed by atoms with Gasteiger partial charge in [0.1, 0.15) is 12.4 Å². The molecule has 0 aromatic carbocycles. The van der Waals surface area contributed by atoms with E-state index in [1.807, 2.05) is 12.1 Å². The molecule has 2 atom stereocenters. The normalized spacial score (nSPS) is 22.6. The zero-order valence-electron chi connectivity index (χ0n) is 11.4. The lowest BCUT2D eigenvalue weighted by molar-refractivity contribution is -0.125. The zero-order chi connectivity index (χ0) is 13.5. The molecular formula is C14H22N2O3. The monoisotopic (exact) mass is 266 g/mol. The molecule has 19 heavy (non-hydrogen) atoms. The lowest BCUT2D eigenvalue weighted by atomic mass is 9.97. The molecule has 1 aromatic heterocycles. The Morgan fingerprint density at radius 1 is 1.58 bits per heavy atom. The second-order valence-corrected chi connectivity index (χ2v) is 5.02. The van der Waals surface area contributed by atoms with Crippen molar-refractivity contribution in [3.05, 3.63) is 24.2 Å². The summed E-state index contributed by atoms with van der Waals surface area (Å²) in [6.07, 6.45) is 2.46. The molecule has 5 nitrogen and oxygen atoms in total. The molecule has 106 valence electrons. The average molecular weight is 266 g/mol. The van der Waals surface area contributed by atoms with Gasteiger partial charge in [0.2, 0.25) is 5.91 Å². The Balaban J connectivity index is 1.51. The Morgan fingerprint density at radius 3 is 3.16 bits per heavy atom. The highest BCUT2D eigenvalue weighted by Crippen LogP contribution is 2.15. The molecule has 1 aliphatic rings. The van der Waals surface area contributed by atoms with Crippen molar-refractivity contribution in [3.63, 3.8) is 0 Å². The summed E-state index contributed by atoms with van der Waals surface area (Å²) in [6, 6.07) is 3.73. The number of ether oxygens (including phenoxy) is 1. The third-order valence-corrected chi connectivity index (χ3v) is 3.44. The average Bonchev–Trinajstić information content (AvgIpc) is 3.04. The lowest BCUT2D eigenvalue weighted by Crippen LogP contribution is -2.35. The summed E-state index contributed by atoms with van der Waals surface area (Å²) >= 11 is 0. The number of carbonyl (C=O) groups is 1. The maximum atomic E-state index is 11.9. The number of hydrogen-bond donors (Lipinski definition) is 2. The minimum atomic E-state index is 0.115. The van der Waals surface area contributed by atoms with Gasteiger partial charge < -0.3 is 19.8 Å². The van der Waals surface area contributed by atoms with Crippen molar-refractivity contribution in [1.29, 1.82) is 0 Å². The van der Waals surface area contributed by atoms with Crippen molar-refractivity contribution in [1.82, 2.24) is 10.6 Å². The van der Waals surface area contributed by atoms with Crippen molar-refractivity contribution in [2.45, 2.75) is 20.0 Å². The Kier molecular flexibility index (Phi) is 5.42. The first kappa shape index (κ1) is 14.1. The van der Waals surface area contributed by atoms with Gasteiger partial charge in [0.25, 0.3) is 0 Å². The van der Waals surface area contributed by atoms with Crippen LogP contribution in [-0.2, 0) is 16.1 Å². The molecule has 0 aliphatic carbocycles. The number of hydrogen-bond acceptors (Lipinski definition) is 4. The molecule has 0 unspecified atom stereocenters. The maximum absolute atomic E-state index is 11.9. The van der Waals surface area contributed by atoms with E-state index >= 15 is 0 Å². The van der Waals surface area contributed by atoms with E-state index in [4.69, 9.17) is 9.15 Å². The summed E-state index contributed by atoms with van der Waals surface area (Å²) in [5, 5.41) is 6.20. The molecule has 1 aromatic rings. The number of amides is 1. The molecule has 0 radical (unpaired) electrons. The van der Waals surface area contributed by atoms with Crippen LogP contribution in [0, 0.1) is 11.8 Å². The Morgan fingerprint density at radius 2 is 2.47 bits per heavy atom. The quantitative estimate of drug-likeness (QED) is 0.727. The summed E-state index contributed by atoms with van der Waals surface area (Å²) in [7, 11) is 0. The van der Waals surface area contributed by atoms with Crippen molar-refractivity contribution in [3.8, 4) is 0 Å². The van der Waals surface area contributed by atoms with Crippen molar-refractivity contribution in [2.24, 2.45) is 11.8 Å². The fourth-order valence-electron chi connectivity index (χ4n) is 2.25. The van der Waals surface area contributed by atoms with Gasteiger partial charge >= 0.3 is 0 Å². The molecule has 2 rings (SSSR count). The first-order valence-corrected chi connectivity index (χ1v) is 6.86. The number of furan rings is 1. The second-order valence-electron chi connectivity index (χ2n) is 5.02. The third-order valence-electron chi connectivity index (χ3n) is 3.44. The van der Waals surface area contributed by atoms with E-state index in [-0.39, 0.29) is 11.8 Å². The SMILES string of the molecule is C[C@@H]1CNC[C@H]1C(=O)NCCCOCc1ccco1. The van der Waals surface area contributed by atoms with Crippen LogP contribution >= 0.6 is 0 Å². The van der Waals surface area contributed by atoms with Crippen molar-refractivity contribution < 1.29 is 13.9 Å². The first-order valence-electron chi connectivity index (χ1n) is 6.86. The van der Waals surface area contributed by atoms with Crippen LogP contribution in [0.2, 0.25) is 0 Å². The number of carbonyl (C=O) groups excluding carboxylic acids is 1. The van der Waals surface area contributed by atoms with E-state index in [9.17, 15) is 4.79 Å². The zero-order valence-corrected chi connectivity index (χ0v) is 11.4. The largest absolute Gasteiger partial charge is 0.467 e. The highest BCUT2D eigenvalue weighted by atomic mass is 16.5. The second kappa shape index (κ2) is 7.31. The molecule has 2 heterocycles. The number of rotatable bonds is 7. The topological polar surface area (TPSA) is 63.5 Å². The molecule has 1 amide bonds. The predicted octanol–water partition coefficient (Wildman–Crippen LogP) is 1.16. The Hall–Kier alpha value is -1.33. The van der Waals surface area contributed by atoms with Crippen LogP contribution in [0.5, 0.6) is 0 Å². The predicted molar refractivity (Wildman–Crippen MR) is 71.5 cm³/mol. The maximum Gasteiger partial charge on any atom is 0.224 e. The van der Waals surface area contributed by atoms with Crippen LogP contribution in [0.1, 0.15) is 19.1 Å². The van der Waals surface area contributed by atoms with Gasteiger partial charge in [-0.05, 0) is 31.0 Å². The highest BCUT2D eigenvalue weighted by Gasteiger charge is 2.28. The van der Waals surface area contributed by atoms with Crippen LogP contribution < -0.4 is 10.6 Å². The van der Waals surface area contributed by atoms with Gasteiger partial charge in [0.05, 0.1) is 12.2 Å². The van der Waals surface area contributed by atoms with Crippen molar-refractivity contribution >= 4 is 5.91 Å². The van der Waals surface area contributed by atoms with Gasteiger partial charge in [-0.2, -0.15) is 0 Å². The number of nitrogens with one attached hydrogen (secondary N) is 2. The van der Waals surface area contributed by atoms with Crippen LogP contribution in [-0.4, -0.2) is 32.1 Å². The molecule has 0 bridgehead atoms. The molecule has 5 heteroatoms. The Labute approximate surface area is 113 Å². The minimum absolute atomic E-state index is 0.115. The van der Waals surface area contributed by atoms with Crippen molar-refractivity contribution in [2.75, 3.05) is 26.2 Å². The molecule has 0 saturated carbocycles. The fraction of sp³-hybridized carbons (Fsp3) is 0.643. The van der Waals surface area contributed by atoms with Crippen LogP contribution in [0.15, 0.2) is 22.8 Å². The molecule has 1 saturated heterocycles. The molecule has 2 N–H and O–H groups in total. The molecular weight excluding hydrogens is 244 g/mol. The van der Waals surface area contributed by atoms with Gasteiger partial charge in [-0.15, -0.1) is 0 Å². The third kappa shape index (κ3) is 4.36. The van der Waals surface area contributed by atoms with E-state index in [1.165, 1.54) is 0 Å². The van der Waals surface area contributed by atoms with Crippen LogP contribution in [0.3, 0.4) is 0 Å². The smallest absolute Gasteiger partial charge is 0.224 e. The van der Waals surface area contributed by atoms with Crippen LogP contribution in [0.4, 0.5) is 0 Å². The molecule has 0 spiro atoms. The summed E-state index contributed by atoms with van der Waals surface area (Å²) in [5.74, 6) is 1.53. The van der Waals surface area contributed by atoms with E-state index in [2.05, 4.69) is 17.6 Å². The van der Waals surface area contributed by atoms with Crippen LogP contribution in [0.25, 0.3) is 0 Å². The van der Waals surface area contributed by atoms with Gasteiger partial charge in [-0.3, -0.25) is 4.79 Å². The minimum Gasteiger partial charge on any atom is -0.467 e. The van der Waals surface area contributed by atoms with E-state index in [0.29, 0.717) is 25.7 Å². The summed E-state index contributed by atoms with van der Waals surface area (Å²) in [6.45, 7) is 5.62. The highest BCUT2D eigenvalue weighted by molar-refractivity contribution is 5.79. The standard InChI is InChI=1S/C14H22N2O3/c1-11-8-15-9-13(11)14(17)16-5-3-6-18-10-12-4-2-7-19-12/h2,4,7,11,13,15H,3,5-6,8-10H2,1H3,(H,16,17)/t11-,13-/m1/s1. The molecule has 1 fully saturated rings. The van der Waals surface area contributed by atoms with Gasteiger partial charge in [-0.1, -0.05) is 6.92 Å². The summed E-state index contributed by atoms with van der Waals surface area (Å²) in [5.41, 5.74) is 0. The summed E-state index contributed by atoms with van der Waals surface area (Å²) < 4.78 is 10.6. The fourth-order valence-corrected chi connectivity index (χ4v) is 2.25. The molecule has 1 aliphatic heterocycles. The Bertz CT molecular complexity index is 378. The van der Waals surface area contributed by atoms with Gasteiger partial charge in [0, 0.05) is 19.7 Å². The van der Waals surface area contributed by atoms with E-state index in [1.54, 1.807) is 6.26 Å². The van der Waals surface area contributed by atoms with E-state index < -0.39 is 0 Å². The van der Waals surface area contributed by atoms with E-state index in [0.717, 1.165) is 25.3 Å². The van der Waals surface area contributed by atoms with Gasteiger partial charge in [0.15, 0.2) is 0 Å². The first-order chi connectivity index (χ1) is 9.27. The lowest BCUT2D eigenvalue weighted by Gasteiger charge is -2.14. The summed E-state index contributed by atoms with van der Waals surface area (Å²) in [4.78, 5) is 11.9.